The van der Waals surface area contributed by atoms with E-state index in [1.54, 1.807) is 7.11 Å². The van der Waals surface area contributed by atoms with Crippen LogP contribution in [0.2, 0.25) is 5.04 Å². The smallest absolute Gasteiger partial charge is 0.261 e. The van der Waals surface area contributed by atoms with Crippen molar-refractivity contribution in [3.05, 3.63) is 132 Å². The molecule has 41 heavy (non-hydrogen) atoms. The summed E-state index contributed by atoms with van der Waals surface area (Å²) in [5.74, 6) is 2.14. The van der Waals surface area contributed by atoms with Gasteiger partial charge in [-0.1, -0.05) is 124 Å². The topological polar surface area (TPSA) is 36.9 Å². The van der Waals surface area contributed by atoms with Crippen molar-refractivity contribution in [1.82, 2.24) is 0 Å². The molecule has 0 atom stereocenters. The molecule has 1 heterocycles. The van der Waals surface area contributed by atoms with Crippen LogP contribution in [0.5, 0.6) is 11.5 Å². The molecule has 0 unspecified atom stereocenters. The van der Waals surface area contributed by atoms with Crippen LogP contribution >= 0.6 is 0 Å². The lowest BCUT2D eigenvalue weighted by atomic mass is 9.99. The summed E-state index contributed by atoms with van der Waals surface area (Å²) in [6, 6.07) is 33.5. The van der Waals surface area contributed by atoms with E-state index in [0.717, 1.165) is 28.0 Å². The SMILES string of the molecule is C=Cc1cc2c(c(OC)c1OCc1ccccc1)COC(CO[Si](c1ccccc1)(c1ccccc1)C(C)(C)C)=C2. The third-order valence-corrected chi connectivity index (χ3v) is 12.6. The van der Waals surface area contributed by atoms with Gasteiger partial charge in [0.2, 0.25) is 0 Å². The molecule has 0 aliphatic carbocycles. The van der Waals surface area contributed by atoms with E-state index in [1.165, 1.54) is 10.4 Å². The molecule has 1 aliphatic rings. The number of rotatable bonds is 10. The number of methoxy groups -OCH3 is 1. The fourth-order valence-electron chi connectivity index (χ4n) is 5.65. The first-order valence-electron chi connectivity index (χ1n) is 14.0. The molecule has 4 aromatic rings. The fraction of sp³-hybridized carbons (Fsp3) is 0.222. The number of benzene rings is 4. The van der Waals surface area contributed by atoms with Crippen molar-refractivity contribution >= 4 is 30.8 Å². The van der Waals surface area contributed by atoms with Gasteiger partial charge in [-0.25, -0.2) is 0 Å². The maximum Gasteiger partial charge on any atom is 0.261 e. The first kappa shape index (κ1) is 28.5. The van der Waals surface area contributed by atoms with Gasteiger partial charge < -0.3 is 18.6 Å². The molecule has 0 bridgehead atoms. The summed E-state index contributed by atoms with van der Waals surface area (Å²) in [6.07, 6.45) is 3.87. The predicted molar refractivity (Wildman–Crippen MR) is 170 cm³/mol. The van der Waals surface area contributed by atoms with Gasteiger partial charge in [-0.15, -0.1) is 0 Å². The first-order chi connectivity index (χ1) is 19.9. The highest BCUT2D eigenvalue weighted by molar-refractivity contribution is 6.99. The Kier molecular flexibility index (Phi) is 8.48. The van der Waals surface area contributed by atoms with Crippen molar-refractivity contribution in [3.63, 3.8) is 0 Å². The molecule has 5 rings (SSSR count). The molecule has 4 nitrogen and oxygen atoms in total. The van der Waals surface area contributed by atoms with E-state index in [-0.39, 0.29) is 5.04 Å². The van der Waals surface area contributed by atoms with Crippen LogP contribution in [0.25, 0.3) is 12.2 Å². The molecule has 0 saturated heterocycles. The quantitative estimate of drug-likeness (QED) is 0.189. The molecule has 0 saturated carbocycles. The predicted octanol–water partition coefficient (Wildman–Crippen LogP) is 7.36. The molecule has 0 N–H and O–H groups in total. The summed E-state index contributed by atoms with van der Waals surface area (Å²) >= 11 is 0. The summed E-state index contributed by atoms with van der Waals surface area (Å²) in [7, 11) is -1.02. The number of fused-ring (bicyclic) bond motifs is 1. The third-order valence-electron chi connectivity index (χ3n) is 7.62. The van der Waals surface area contributed by atoms with Gasteiger partial charge in [0.25, 0.3) is 8.32 Å². The maximum absolute atomic E-state index is 7.11. The molecule has 1 aliphatic heterocycles. The molecule has 0 radical (unpaired) electrons. The Morgan fingerprint density at radius 1 is 0.829 bits per heavy atom. The van der Waals surface area contributed by atoms with Crippen LogP contribution in [-0.4, -0.2) is 22.0 Å². The second-order valence-corrected chi connectivity index (χ2v) is 15.5. The third kappa shape index (κ3) is 5.74. The van der Waals surface area contributed by atoms with Crippen LogP contribution in [0.1, 0.15) is 43.0 Å². The van der Waals surface area contributed by atoms with E-state index in [4.69, 9.17) is 18.6 Å². The fourth-order valence-corrected chi connectivity index (χ4v) is 10.2. The average molecular weight is 563 g/mol. The summed E-state index contributed by atoms with van der Waals surface area (Å²) in [4.78, 5) is 0. The molecule has 0 aromatic heterocycles. The van der Waals surface area contributed by atoms with Crippen LogP contribution in [0.4, 0.5) is 0 Å². The molecule has 4 aromatic carbocycles. The molecule has 210 valence electrons. The van der Waals surface area contributed by atoms with Gasteiger partial charge in [0.05, 0.1) is 13.7 Å². The highest BCUT2D eigenvalue weighted by Gasteiger charge is 2.50. The van der Waals surface area contributed by atoms with E-state index in [1.807, 2.05) is 36.4 Å². The van der Waals surface area contributed by atoms with Gasteiger partial charge in [0, 0.05) is 11.1 Å². The normalized spacial score (nSPS) is 13.0. The van der Waals surface area contributed by atoms with E-state index in [9.17, 15) is 0 Å². The van der Waals surface area contributed by atoms with Gasteiger partial charge in [-0.3, -0.25) is 0 Å². The van der Waals surface area contributed by atoms with Crippen molar-refractivity contribution in [2.45, 2.75) is 39.0 Å². The molecular formula is C36H38O4Si. The Morgan fingerprint density at radius 2 is 1.41 bits per heavy atom. The average Bonchev–Trinajstić information content (AvgIpc) is 3.00. The monoisotopic (exact) mass is 562 g/mol. The van der Waals surface area contributed by atoms with E-state index in [0.29, 0.717) is 31.3 Å². The highest BCUT2D eigenvalue weighted by atomic mass is 28.4. The molecule has 0 amide bonds. The zero-order valence-electron chi connectivity index (χ0n) is 24.4. The van der Waals surface area contributed by atoms with Crippen molar-refractivity contribution in [1.29, 1.82) is 0 Å². The largest absolute Gasteiger partial charge is 0.492 e. The standard InChI is InChI=1S/C36H38O4Si/c1-6-28-22-29-23-30(38-26-33(29)35(37-5)34(28)39-24-27-16-10-7-11-17-27)25-40-41(36(2,3)4,31-18-12-8-13-19-31)32-20-14-9-15-21-32/h6-23H,1,24-26H2,2-5H3. The van der Waals surface area contributed by atoms with Gasteiger partial charge in [-0.2, -0.15) is 0 Å². The summed E-state index contributed by atoms with van der Waals surface area (Å²) in [6.45, 7) is 12.1. The molecule has 5 heteroatoms. The van der Waals surface area contributed by atoms with Crippen molar-refractivity contribution < 1.29 is 18.6 Å². The van der Waals surface area contributed by atoms with Crippen LogP contribution < -0.4 is 19.8 Å². The Balaban J connectivity index is 1.48. The minimum absolute atomic E-state index is 0.118. The number of hydrogen-bond donors (Lipinski definition) is 0. The van der Waals surface area contributed by atoms with E-state index in [2.05, 4.69) is 100 Å². The van der Waals surface area contributed by atoms with Crippen LogP contribution in [0.15, 0.2) is 109 Å². The van der Waals surface area contributed by atoms with E-state index >= 15 is 0 Å². The Bertz CT molecular complexity index is 1470. The summed E-state index contributed by atoms with van der Waals surface area (Å²) in [5.41, 5.74) is 3.94. The minimum atomic E-state index is -2.69. The number of hydrogen-bond acceptors (Lipinski definition) is 4. The molecule has 0 fully saturated rings. The highest BCUT2D eigenvalue weighted by Crippen LogP contribution is 2.42. The second kappa shape index (κ2) is 12.2. The minimum Gasteiger partial charge on any atom is -0.492 e. The van der Waals surface area contributed by atoms with Gasteiger partial charge in [0.1, 0.15) is 19.0 Å². The summed E-state index contributed by atoms with van der Waals surface area (Å²) in [5, 5.41) is 2.37. The Morgan fingerprint density at radius 3 is 1.95 bits per heavy atom. The maximum atomic E-state index is 7.11. The van der Waals surface area contributed by atoms with Crippen molar-refractivity contribution in [2.75, 3.05) is 13.7 Å². The lowest BCUT2D eigenvalue weighted by Crippen LogP contribution is -2.66. The van der Waals surface area contributed by atoms with Crippen LogP contribution in [-0.2, 0) is 22.4 Å². The van der Waals surface area contributed by atoms with E-state index < -0.39 is 8.32 Å². The van der Waals surface area contributed by atoms with Crippen LogP contribution in [0.3, 0.4) is 0 Å². The second-order valence-electron chi connectivity index (χ2n) is 11.2. The number of ether oxygens (including phenoxy) is 3. The Labute approximate surface area is 245 Å². The molecule has 0 spiro atoms. The Hall–Kier alpha value is -4.06. The zero-order valence-corrected chi connectivity index (χ0v) is 25.4. The van der Waals surface area contributed by atoms with Gasteiger partial charge in [-0.05, 0) is 38.7 Å². The lowest BCUT2D eigenvalue weighted by Gasteiger charge is -2.43. The van der Waals surface area contributed by atoms with Crippen molar-refractivity contribution in [2.24, 2.45) is 0 Å². The first-order valence-corrected chi connectivity index (χ1v) is 15.9. The van der Waals surface area contributed by atoms with Crippen molar-refractivity contribution in [3.8, 4) is 11.5 Å². The molecular weight excluding hydrogens is 524 g/mol. The lowest BCUT2D eigenvalue weighted by molar-refractivity contribution is 0.151. The van der Waals surface area contributed by atoms with Gasteiger partial charge >= 0.3 is 0 Å². The summed E-state index contributed by atoms with van der Waals surface area (Å²) < 4.78 is 25.6. The van der Waals surface area contributed by atoms with Gasteiger partial charge in [0.15, 0.2) is 11.5 Å². The van der Waals surface area contributed by atoms with Crippen LogP contribution in [0, 0.1) is 0 Å². The zero-order chi connectivity index (χ0) is 28.9.